The Morgan fingerprint density at radius 3 is 3.00 bits per heavy atom. The lowest BCUT2D eigenvalue weighted by Gasteiger charge is -2.28. The van der Waals surface area contributed by atoms with Crippen molar-refractivity contribution in [3.63, 3.8) is 0 Å². The van der Waals surface area contributed by atoms with Crippen LogP contribution in [0.3, 0.4) is 0 Å². The average Bonchev–Trinajstić information content (AvgIpc) is 2.52. The van der Waals surface area contributed by atoms with Gasteiger partial charge in [0.2, 0.25) is 5.91 Å². The summed E-state index contributed by atoms with van der Waals surface area (Å²) in [5.41, 5.74) is 1.18. The molecule has 1 amide bonds. The number of piperidine rings is 1. The molecule has 130 valence electrons. The predicted octanol–water partition coefficient (Wildman–Crippen LogP) is 2.94. The van der Waals surface area contributed by atoms with E-state index < -0.39 is 0 Å². The van der Waals surface area contributed by atoms with E-state index >= 15 is 0 Å². The Balaban J connectivity index is 0.00000264. The summed E-state index contributed by atoms with van der Waals surface area (Å²) >= 11 is 0. The number of carbonyl (C=O) groups excluding carboxylic acids is 1. The van der Waals surface area contributed by atoms with Crippen LogP contribution in [0.25, 0.3) is 0 Å². The molecule has 4 nitrogen and oxygen atoms in total. The van der Waals surface area contributed by atoms with Crippen molar-refractivity contribution in [1.82, 2.24) is 10.6 Å². The summed E-state index contributed by atoms with van der Waals surface area (Å²) in [6, 6.07) is 7.95. The van der Waals surface area contributed by atoms with E-state index in [4.69, 9.17) is 4.74 Å². The molecule has 2 atom stereocenters. The molecule has 0 radical (unpaired) electrons. The molecule has 0 saturated carbocycles. The van der Waals surface area contributed by atoms with Crippen LogP contribution in [-0.4, -0.2) is 32.1 Å². The van der Waals surface area contributed by atoms with Gasteiger partial charge in [0.1, 0.15) is 12.4 Å². The van der Waals surface area contributed by atoms with Crippen molar-refractivity contribution >= 4 is 18.3 Å². The van der Waals surface area contributed by atoms with Crippen LogP contribution < -0.4 is 15.4 Å². The minimum Gasteiger partial charge on any atom is -0.492 e. The molecule has 1 aliphatic rings. The van der Waals surface area contributed by atoms with E-state index in [1.807, 2.05) is 31.2 Å². The minimum absolute atomic E-state index is 0. The van der Waals surface area contributed by atoms with Gasteiger partial charge in [-0.25, -0.2) is 0 Å². The van der Waals surface area contributed by atoms with Gasteiger partial charge in [-0.1, -0.05) is 19.1 Å². The summed E-state index contributed by atoms with van der Waals surface area (Å²) in [6.07, 6.45) is 3.07. The first-order valence-corrected chi connectivity index (χ1v) is 8.32. The molecule has 0 spiro atoms. The zero-order valence-corrected chi connectivity index (χ0v) is 15.0. The average molecular weight is 341 g/mol. The van der Waals surface area contributed by atoms with E-state index in [1.54, 1.807) is 0 Å². The molecule has 2 unspecified atom stereocenters. The highest BCUT2D eigenvalue weighted by molar-refractivity contribution is 5.85. The Morgan fingerprint density at radius 2 is 2.30 bits per heavy atom. The molecule has 0 aliphatic carbocycles. The quantitative estimate of drug-likeness (QED) is 0.750. The molecule has 1 heterocycles. The van der Waals surface area contributed by atoms with Crippen LogP contribution >= 0.6 is 12.4 Å². The third-order valence-corrected chi connectivity index (χ3v) is 4.33. The third kappa shape index (κ3) is 7.23. The van der Waals surface area contributed by atoms with E-state index in [0.29, 0.717) is 31.4 Å². The fraction of sp³-hybridized carbons (Fsp3) is 0.611. The molecule has 1 fully saturated rings. The number of aryl methyl sites for hydroxylation is 1. The standard InChI is InChI=1S/C18H28N2O2.ClH/c1-14-5-3-7-17(11-14)22-10-9-20-18(21)12-15(2)16-6-4-8-19-13-16;/h3,5,7,11,15-16,19H,4,6,8-10,12-13H2,1-2H3,(H,20,21);1H. The van der Waals surface area contributed by atoms with E-state index in [-0.39, 0.29) is 18.3 Å². The smallest absolute Gasteiger partial charge is 0.220 e. The molecular formula is C18H29ClN2O2. The van der Waals surface area contributed by atoms with Gasteiger partial charge in [-0.3, -0.25) is 4.79 Å². The Labute approximate surface area is 145 Å². The van der Waals surface area contributed by atoms with E-state index in [0.717, 1.165) is 18.8 Å². The molecule has 2 N–H and O–H groups in total. The summed E-state index contributed by atoms with van der Waals surface area (Å²) in [6.45, 7) is 7.45. The largest absolute Gasteiger partial charge is 0.492 e. The van der Waals surface area contributed by atoms with Crippen LogP contribution in [0.2, 0.25) is 0 Å². The number of nitrogens with one attached hydrogen (secondary N) is 2. The van der Waals surface area contributed by atoms with Crippen molar-refractivity contribution < 1.29 is 9.53 Å². The summed E-state index contributed by atoms with van der Waals surface area (Å²) in [5, 5.41) is 6.37. The monoisotopic (exact) mass is 340 g/mol. The number of halogens is 1. The number of benzene rings is 1. The number of carbonyl (C=O) groups is 1. The van der Waals surface area contributed by atoms with Crippen molar-refractivity contribution in [1.29, 1.82) is 0 Å². The van der Waals surface area contributed by atoms with Crippen molar-refractivity contribution in [3.05, 3.63) is 29.8 Å². The number of hydrogen-bond donors (Lipinski definition) is 2. The summed E-state index contributed by atoms with van der Waals surface area (Å²) in [4.78, 5) is 12.0. The highest BCUT2D eigenvalue weighted by Gasteiger charge is 2.21. The highest BCUT2D eigenvalue weighted by Crippen LogP contribution is 2.22. The fourth-order valence-corrected chi connectivity index (χ4v) is 2.96. The fourth-order valence-electron chi connectivity index (χ4n) is 2.96. The summed E-state index contributed by atoms with van der Waals surface area (Å²) < 4.78 is 5.63. The van der Waals surface area contributed by atoms with Crippen molar-refractivity contribution in [2.75, 3.05) is 26.2 Å². The Kier molecular flexibility index (Phi) is 9.03. The Morgan fingerprint density at radius 1 is 1.48 bits per heavy atom. The van der Waals surface area contributed by atoms with Crippen LogP contribution in [0, 0.1) is 18.8 Å². The molecular weight excluding hydrogens is 312 g/mol. The van der Waals surface area contributed by atoms with Crippen LogP contribution in [0.4, 0.5) is 0 Å². The maximum Gasteiger partial charge on any atom is 0.220 e. The SMILES string of the molecule is Cc1cccc(OCCNC(=O)CC(C)C2CCCNC2)c1.Cl. The second-order valence-corrected chi connectivity index (χ2v) is 6.30. The summed E-state index contributed by atoms with van der Waals surface area (Å²) in [7, 11) is 0. The van der Waals surface area contributed by atoms with Gasteiger partial charge in [-0.05, 0) is 62.4 Å². The Bertz CT molecular complexity index is 476. The summed E-state index contributed by atoms with van der Waals surface area (Å²) in [5.74, 6) is 2.05. The number of ether oxygens (including phenoxy) is 1. The molecule has 1 aliphatic heterocycles. The van der Waals surface area contributed by atoms with Crippen molar-refractivity contribution in [3.8, 4) is 5.75 Å². The molecule has 1 aromatic carbocycles. The second-order valence-electron chi connectivity index (χ2n) is 6.30. The first kappa shape index (κ1) is 19.8. The molecule has 2 rings (SSSR count). The second kappa shape index (κ2) is 10.5. The van der Waals surface area contributed by atoms with Crippen LogP contribution in [-0.2, 0) is 4.79 Å². The van der Waals surface area contributed by atoms with E-state index in [9.17, 15) is 4.79 Å². The van der Waals surface area contributed by atoms with Gasteiger partial charge in [0.25, 0.3) is 0 Å². The molecule has 0 aromatic heterocycles. The lowest BCUT2D eigenvalue weighted by atomic mass is 9.85. The van der Waals surface area contributed by atoms with E-state index in [1.165, 1.54) is 18.4 Å². The molecule has 23 heavy (non-hydrogen) atoms. The van der Waals surface area contributed by atoms with Gasteiger partial charge in [0.15, 0.2) is 0 Å². The zero-order chi connectivity index (χ0) is 15.8. The maximum absolute atomic E-state index is 12.0. The highest BCUT2D eigenvalue weighted by atomic mass is 35.5. The van der Waals surface area contributed by atoms with Gasteiger partial charge in [-0.2, -0.15) is 0 Å². The van der Waals surface area contributed by atoms with Crippen LogP contribution in [0.1, 0.15) is 31.7 Å². The topological polar surface area (TPSA) is 50.4 Å². The first-order chi connectivity index (χ1) is 10.6. The van der Waals surface area contributed by atoms with Gasteiger partial charge in [-0.15, -0.1) is 12.4 Å². The van der Waals surface area contributed by atoms with Gasteiger partial charge < -0.3 is 15.4 Å². The molecule has 5 heteroatoms. The maximum atomic E-state index is 12.0. The normalized spacial score (nSPS) is 18.6. The number of rotatable bonds is 7. The zero-order valence-electron chi connectivity index (χ0n) is 14.1. The lowest BCUT2D eigenvalue weighted by Crippen LogP contribution is -2.36. The first-order valence-electron chi connectivity index (χ1n) is 8.32. The van der Waals surface area contributed by atoms with Gasteiger partial charge in [0, 0.05) is 6.42 Å². The van der Waals surface area contributed by atoms with Crippen LogP contribution in [0.5, 0.6) is 5.75 Å². The third-order valence-electron chi connectivity index (χ3n) is 4.33. The molecule has 1 saturated heterocycles. The van der Waals surface area contributed by atoms with Gasteiger partial charge in [0.05, 0.1) is 6.54 Å². The lowest BCUT2D eigenvalue weighted by molar-refractivity contribution is -0.122. The minimum atomic E-state index is 0. The van der Waals surface area contributed by atoms with Crippen molar-refractivity contribution in [2.24, 2.45) is 11.8 Å². The van der Waals surface area contributed by atoms with Crippen molar-refractivity contribution in [2.45, 2.75) is 33.1 Å². The number of amides is 1. The molecule has 0 bridgehead atoms. The van der Waals surface area contributed by atoms with Crippen LogP contribution in [0.15, 0.2) is 24.3 Å². The molecule has 1 aromatic rings. The number of hydrogen-bond acceptors (Lipinski definition) is 3. The van der Waals surface area contributed by atoms with E-state index in [2.05, 4.69) is 17.6 Å². The Hall–Kier alpha value is -1.26. The van der Waals surface area contributed by atoms with Gasteiger partial charge >= 0.3 is 0 Å². The predicted molar refractivity (Wildman–Crippen MR) is 96.3 cm³/mol.